The fraction of sp³-hybridized carbons (Fsp3) is 0.500. The normalized spacial score (nSPS) is 19.4. The van der Waals surface area contributed by atoms with Crippen LogP contribution < -0.4 is 9.47 Å². The lowest BCUT2D eigenvalue weighted by Gasteiger charge is -2.38. The maximum atomic E-state index is 13.6. The lowest BCUT2D eigenvalue weighted by atomic mass is 9.93. The number of allylic oxidation sites excluding steroid dienone is 1. The summed E-state index contributed by atoms with van der Waals surface area (Å²) in [6, 6.07) is 4.94. The van der Waals surface area contributed by atoms with E-state index >= 15 is 0 Å². The van der Waals surface area contributed by atoms with E-state index in [0.29, 0.717) is 54.1 Å². The van der Waals surface area contributed by atoms with Crippen LogP contribution in [0.15, 0.2) is 45.6 Å². The van der Waals surface area contributed by atoms with Gasteiger partial charge in [-0.15, -0.1) is 0 Å². The van der Waals surface area contributed by atoms with Gasteiger partial charge in [0.2, 0.25) is 11.8 Å². The minimum absolute atomic E-state index is 0.0146. The van der Waals surface area contributed by atoms with Crippen LogP contribution in [0.4, 0.5) is 0 Å². The van der Waals surface area contributed by atoms with Crippen LogP contribution in [0.3, 0.4) is 0 Å². The molecule has 1 fully saturated rings. The smallest absolute Gasteiger partial charge is 0.338 e. The highest BCUT2D eigenvalue weighted by Gasteiger charge is 2.42. The maximum absolute atomic E-state index is 13.6. The second kappa shape index (κ2) is 11.3. The van der Waals surface area contributed by atoms with Gasteiger partial charge in [-0.2, -0.15) is 0 Å². The van der Waals surface area contributed by atoms with Crippen LogP contribution in [0.5, 0.6) is 11.5 Å². The summed E-state index contributed by atoms with van der Waals surface area (Å²) in [6.45, 7) is 10.8. The Morgan fingerprint density at radius 2 is 1.67 bits per heavy atom. The number of benzene rings is 1. The summed E-state index contributed by atoms with van der Waals surface area (Å²) < 4.78 is 16.8. The number of fused-ring (bicyclic) bond motifs is 1. The summed E-state index contributed by atoms with van der Waals surface area (Å²) in [5, 5.41) is 2.60. The summed E-state index contributed by atoms with van der Waals surface area (Å²) in [5.41, 5.74) is 1.77. The van der Waals surface area contributed by atoms with Gasteiger partial charge in [-0.05, 0) is 50.8 Å². The maximum Gasteiger partial charge on any atom is 0.338 e. The van der Waals surface area contributed by atoms with Gasteiger partial charge in [0.25, 0.3) is 0 Å². The fourth-order valence-corrected chi connectivity index (χ4v) is 5.80. The number of rotatable bonds is 6. The molecule has 39 heavy (non-hydrogen) atoms. The quantitative estimate of drug-likeness (QED) is 0.489. The minimum Gasteiger partial charge on any atom is -0.493 e. The molecule has 1 unspecified atom stereocenters. The number of piperazine rings is 1. The third-order valence-corrected chi connectivity index (χ3v) is 7.64. The van der Waals surface area contributed by atoms with Crippen molar-refractivity contribution in [1.82, 2.24) is 14.7 Å². The molecule has 0 saturated carbocycles. The van der Waals surface area contributed by atoms with E-state index in [0.717, 1.165) is 11.3 Å². The third kappa shape index (κ3) is 6.08. The van der Waals surface area contributed by atoms with Gasteiger partial charge in [0.15, 0.2) is 16.7 Å². The first kappa shape index (κ1) is 28.5. The molecule has 3 heterocycles. The predicted molar refractivity (Wildman–Crippen MR) is 149 cm³/mol. The number of amides is 2. The molecule has 3 aliphatic rings. The molecule has 1 atom stereocenters. The number of amidine groups is 1. The molecule has 1 saturated heterocycles. The topological polar surface area (TPSA) is 101 Å². The molecule has 0 bridgehead atoms. The van der Waals surface area contributed by atoms with E-state index in [1.807, 2.05) is 43.2 Å². The van der Waals surface area contributed by atoms with Gasteiger partial charge in [-0.1, -0.05) is 17.8 Å². The number of hydrogen-bond donors (Lipinski definition) is 0. The molecule has 4 rings (SSSR count). The summed E-state index contributed by atoms with van der Waals surface area (Å²) in [6.07, 6.45) is 0.135. The molecular weight excluding hydrogens is 520 g/mol. The lowest BCUT2D eigenvalue weighted by Crippen LogP contribution is -2.50. The number of carbonyl (C=O) groups excluding carboxylic acids is 3. The average Bonchev–Trinajstić information content (AvgIpc) is 3.27. The summed E-state index contributed by atoms with van der Waals surface area (Å²) >= 11 is 1.42. The minimum atomic E-state index is -0.701. The van der Waals surface area contributed by atoms with E-state index in [-0.39, 0.29) is 18.2 Å². The highest BCUT2D eigenvalue weighted by atomic mass is 32.2. The molecule has 2 amide bonds. The number of hydrogen-bond acceptors (Lipinski definition) is 9. The monoisotopic (exact) mass is 556 g/mol. The molecule has 1 aromatic carbocycles. The first-order chi connectivity index (χ1) is 18.4. The Balaban J connectivity index is 1.68. The molecule has 1 aromatic rings. The first-order valence-electron chi connectivity index (χ1n) is 12.9. The Kier molecular flexibility index (Phi) is 8.29. The van der Waals surface area contributed by atoms with Crippen molar-refractivity contribution in [2.45, 2.75) is 52.7 Å². The molecule has 0 aromatic heterocycles. The molecule has 210 valence electrons. The van der Waals surface area contributed by atoms with Gasteiger partial charge < -0.3 is 28.9 Å². The number of thioether (sulfide) groups is 1. The number of carbonyl (C=O) groups is 3. The van der Waals surface area contributed by atoms with Crippen molar-refractivity contribution in [3.8, 4) is 11.5 Å². The Morgan fingerprint density at radius 3 is 2.26 bits per heavy atom. The van der Waals surface area contributed by atoms with Crippen LogP contribution >= 0.6 is 11.8 Å². The van der Waals surface area contributed by atoms with E-state index in [4.69, 9.17) is 19.2 Å². The summed E-state index contributed by atoms with van der Waals surface area (Å²) in [7, 11) is 3.13. The number of esters is 1. The van der Waals surface area contributed by atoms with E-state index in [2.05, 4.69) is 0 Å². The number of methoxy groups -OCH3 is 2. The largest absolute Gasteiger partial charge is 0.493 e. The third-order valence-electron chi connectivity index (χ3n) is 6.75. The van der Waals surface area contributed by atoms with Crippen LogP contribution in [-0.2, 0) is 19.1 Å². The molecule has 0 radical (unpaired) electrons. The highest BCUT2D eigenvalue weighted by molar-refractivity contribution is 8.16. The summed E-state index contributed by atoms with van der Waals surface area (Å²) in [4.78, 5) is 48.8. The van der Waals surface area contributed by atoms with Gasteiger partial charge in [0.05, 0.1) is 38.0 Å². The van der Waals surface area contributed by atoms with Crippen molar-refractivity contribution in [3.05, 3.63) is 46.1 Å². The van der Waals surface area contributed by atoms with Gasteiger partial charge in [0, 0.05) is 38.8 Å². The molecule has 0 N–H and O–H groups in total. The predicted octanol–water partition coefficient (Wildman–Crippen LogP) is 3.70. The van der Waals surface area contributed by atoms with Crippen molar-refractivity contribution in [3.63, 3.8) is 0 Å². The Morgan fingerprint density at radius 1 is 1.03 bits per heavy atom. The Labute approximate surface area is 233 Å². The number of aliphatic imine (C=N–C) groups is 1. The van der Waals surface area contributed by atoms with Crippen LogP contribution in [-0.4, -0.2) is 83.7 Å². The van der Waals surface area contributed by atoms with Crippen molar-refractivity contribution >= 4 is 34.7 Å². The molecular formula is C28H36N4O6S. The molecule has 0 aliphatic carbocycles. The summed E-state index contributed by atoms with van der Waals surface area (Å²) in [5.74, 6) is 0.600. The van der Waals surface area contributed by atoms with Crippen molar-refractivity contribution in [2.24, 2.45) is 4.99 Å². The SMILES string of the molecule is COc1ccc(C2C(C(=O)OC(C)(C)C)=C(C)N=C3SC=C(CC(=O)N4CCN(C(C)=O)CC4)N32)cc1OC. The van der Waals surface area contributed by atoms with E-state index in [1.54, 1.807) is 43.9 Å². The average molecular weight is 557 g/mol. The van der Waals surface area contributed by atoms with Crippen LogP contribution in [0, 0.1) is 0 Å². The second-order valence-electron chi connectivity index (χ2n) is 10.6. The molecule has 10 nitrogen and oxygen atoms in total. The van der Waals surface area contributed by atoms with E-state index in [9.17, 15) is 14.4 Å². The zero-order valence-electron chi connectivity index (χ0n) is 23.6. The second-order valence-corrected chi connectivity index (χ2v) is 11.4. The van der Waals surface area contributed by atoms with Crippen LogP contribution in [0.1, 0.15) is 52.6 Å². The molecule has 0 spiro atoms. The lowest BCUT2D eigenvalue weighted by molar-refractivity contribution is -0.150. The number of nitrogens with zero attached hydrogens (tertiary/aromatic N) is 4. The highest BCUT2D eigenvalue weighted by Crippen LogP contribution is 2.46. The van der Waals surface area contributed by atoms with Crippen molar-refractivity contribution in [1.29, 1.82) is 0 Å². The van der Waals surface area contributed by atoms with E-state index in [1.165, 1.54) is 11.8 Å². The molecule has 3 aliphatic heterocycles. The fourth-order valence-electron chi connectivity index (χ4n) is 4.84. The van der Waals surface area contributed by atoms with Gasteiger partial charge in [-0.3, -0.25) is 9.59 Å². The standard InChI is InChI=1S/C28H36N4O6S/c1-17-24(26(35)38-28(3,4)5)25(19-8-9-21(36-6)22(14-19)37-7)32-20(16-39-27(32)29-17)15-23(34)31-12-10-30(11-13-31)18(2)33/h8-9,14,16,25H,10-13,15H2,1-7H3. The van der Waals surface area contributed by atoms with Crippen LogP contribution in [0.2, 0.25) is 0 Å². The van der Waals surface area contributed by atoms with Crippen LogP contribution in [0.25, 0.3) is 0 Å². The Hall–Kier alpha value is -3.47. The van der Waals surface area contributed by atoms with E-state index < -0.39 is 17.6 Å². The van der Waals surface area contributed by atoms with Gasteiger partial charge >= 0.3 is 5.97 Å². The van der Waals surface area contributed by atoms with Crippen molar-refractivity contribution in [2.75, 3.05) is 40.4 Å². The first-order valence-corrected chi connectivity index (χ1v) is 13.7. The van der Waals surface area contributed by atoms with Gasteiger partial charge in [-0.25, -0.2) is 9.79 Å². The van der Waals surface area contributed by atoms with Gasteiger partial charge in [0.1, 0.15) is 5.60 Å². The Bertz CT molecular complexity index is 1260. The number of ether oxygens (including phenoxy) is 3. The zero-order valence-corrected chi connectivity index (χ0v) is 24.4. The zero-order chi connectivity index (χ0) is 28.5. The molecule has 11 heteroatoms. The van der Waals surface area contributed by atoms with Crippen molar-refractivity contribution < 1.29 is 28.6 Å².